The molecule has 1 aromatic carbocycles. The maximum absolute atomic E-state index is 13.5. The fraction of sp³-hybridized carbons (Fsp3) is 0.640. The van der Waals surface area contributed by atoms with E-state index in [9.17, 15) is 28.8 Å². The highest BCUT2D eigenvalue weighted by molar-refractivity contribution is 5.98. The third-order valence-corrected chi connectivity index (χ3v) is 11.7. The second-order valence-corrected chi connectivity index (χ2v) is 18.7. The summed E-state index contributed by atoms with van der Waals surface area (Å²) in [6.07, 6.45) is 11.5. The van der Waals surface area contributed by atoms with E-state index >= 15 is 0 Å². The van der Waals surface area contributed by atoms with Crippen LogP contribution in [0.25, 0.3) is 11.0 Å². The molecule has 9 N–H and O–H groups in total. The first-order chi connectivity index (χ1) is 33.6. The summed E-state index contributed by atoms with van der Waals surface area (Å²) in [7, 11) is 12.6. The molecule has 70 heavy (non-hydrogen) atoms. The lowest BCUT2D eigenvalue weighted by Gasteiger charge is -2.19. The smallest absolute Gasteiger partial charge is 0.277 e. The summed E-state index contributed by atoms with van der Waals surface area (Å²) in [6.45, 7) is 7.99. The van der Waals surface area contributed by atoms with Gasteiger partial charge in [0.2, 0.25) is 23.6 Å². The van der Waals surface area contributed by atoms with E-state index in [4.69, 9.17) is 5.73 Å². The van der Waals surface area contributed by atoms with E-state index < -0.39 is 23.4 Å². The number of unbranched alkanes of at least 4 members (excludes halogenated alkanes) is 4. The zero-order chi connectivity index (χ0) is 51.1. The van der Waals surface area contributed by atoms with Gasteiger partial charge in [-0.2, -0.15) is 0 Å². The molecule has 5 amide bonds. The van der Waals surface area contributed by atoms with Crippen molar-refractivity contribution in [1.82, 2.24) is 61.1 Å². The fourth-order valence-electron chi connectivity index (χ4n) is 7.57. The van der Waals surface area contributed by atoms with Gasteiger partial charge in [-0.3, -0.25) is 33.8 Å². The number of carbonyl (C=O) groups excluding carboxylic acids is 5. The third kappa shape index (κ3) is 25.8. The number of nitrogen functional groups attached to an aromatic ring is 1. The van der Waals surface area contributed by atoms with Crippen molar-refractivity contribution in [1.29, 1.82) is 0 Å². The largest absolute Gasteiger partial charge is 0.385 e. The minimum absolute atomic E-state index is 0.000995. The number of amides is 5. The SMILES string of the molecule is CN(C)CCCN(C)CCCCCC(=O)NCCCNC(=O)CCC(NC(=O)c1ccc(NCc2cnc3cc(N)[nH]c(=O)c3n2)cc1)C(=O)NCCCNC(=O)CCCCCN(C)CCCN(C)C. The molecule has 3 rings (SSSR count). The second kappa shape index (κ2) is 33.8. The van der Waals surface area contributed by atoms with E-state index in [1.807, 2.05) is 0 Å². The highest BCUT2D eigenvalue weighted by Gasteiger charge is 2.22. The molecule has 2 heterocycles. The minimum Gasteiger partial charge on any atom is -0.385 e. The number of fused-ring (bicyclic) bond motifs is 1. The lowest BCUT2D eigenvalue weighted by molar-refractivity contribution is -0.124. The van der Waals surface area contributed by atoms with Gasteiger partial charge in [0.05, 0.1) is 24.0 Å². The van der Waals surface area contributed by atoms with Crippen molar-refractivity contribution in [3.05, 3.63) is 58.1 Å². The summed E-state index contributed by atoms with van der Waals surface area (Å²) in [5.41, 5.74) is 7.34. The average molecular weight is 977 g/mol. The number of nitrogens with zero attached hydrogens (tertiary/aromatic N) is 6. The number of pyridine rings is 1. The van der Waals surface area contributed by atoms with Crippen molar-refractivity contribution in [2.45, 2.75) is 102 Å². The van der Waals surface area contributed by atoms with E-state index in [2.05, 4.69) is 109 Å². The van der Waals surface area contributed by atoms with Crippen LogP contribution in [0.1, 0.15) is 106 Å². The summed E-state index contributed by atoms with van der Waals surface area (Å²) in [5.74, 6) is -1.03. The van der Waals surface area contributed by atoms with E-state index in [0.29, 0.717) is 67.8 Å². The maximum atomic E-state index is 13.5. The molecule has 20 nitrogen and oxygen atoms in total. The van der Waals surface area contributed by atoms with Crippen LogP contribution < -0.4 is 43.2 Å². The molecular formula is C50H84N14O6. The monoisotopic (exact) mass is 977 g/mol. The van der Waals surface area contributed by atoms with Gasteiger partial charge in [0.15, 0.2) is 5.52 Å². The fourth-order valence-corrected chi connectivity index (χ4v) is 7.57. The third-order valence-electron chi connectivity index (χ3n) is 11.7. The molecule has 2 aromatic heterocycles. The van der Waals surface area contributed by atoms with Crippen molar-refractivity contribution in [3.63, 3.8) is 0 Å². The van der Waals surface area contributed by atoms with Gasteiger partial charge in [-0.15, -0.1) is 0 Å². The van der Waals surface area contributed by atoms with Crippen molar-refractivity contribution < 1.29 is 24.0 Å². The summed E-state index contributed by atoms with van der Waals surface area (Å²) in [5, 5.41) is 17.6. The molecule has 0 aliphatic carbocycles. The van der Waals surface area contributed by atoms with E-state index in [-0.39, 0.29) is 55.0 Å². The topological polar surface area (TPSA) is 255 Å². The molecule has 0 saturated carbocycles. The molecule has 20 heteroatoms. The van der Waals surface area contributed by atoms with Gasteiger partial charge < -0.3 is 62.2 Å². The molecule has 0 bridgehead atoms. The maximum Gasteiger partial charge on any atom is 0.277 e. The molecule has 1 atom stereocenters. The van der Waals surface area contributed by atoms with Crippen molar-refractivity contribution in [2.24, 2.45) is 0 Å². The first-order valence-corrected chi connectivity index (χ1v) is 25.1. The number of anilines is 2. The quantitative estimate of drug-likeness (QED) is 0.0387. The second-order valence-electron chi connectivity index (χ2n) is 18.7. The summed E-state index contributed by atoms with van der Waals surface area (Å²) in [4.78, 5) is 97.2. The van der Waals surface area contributed by atoms with Crippen molar-refractivity contribution >= 4 is 52.1 Å². The number of nitrogens with two attached hydrogens (primary N) is 1. The number of aromatic nitrogens is 3. The Labute approximate surface area is 415 Å². The number of carbonyl (C=O) groups is 5. The molecule has 0 aliphatic rings. The predicted octanol–water partition coefficient (Wildman–Crippen LogP) is 2.52. The molecule has 0 aliphatic heterocycles. The number of hydrogen-bond acceptors (Lipinski definition) is 14. The van der Waals surface area contributed by atoms with Crippen molar-refractivity contribution in [3.8, 4) is 0 Å². The zero-order valence-corrected chi connectivity index (χ0v) is 42.9. The number of hydrogen-bond donors (Lipinski definition) is 8. The Morgan fingerprint density at radius 3 is 1.69 bits per heavy atom. The molecule has 0 radical (unpaired) electrons. The van der Waals surface area contributed by atoms with Crippen LogP contribution in [-0.4, -0.2) is 178 Å². The van der Waals surface area contributed by atoms with Gasteiger partial charge >= 0.3 is 0 Å². The van der Waals surface area contributed by atoms with Crippen LogP contribution in [0.4, 0.5) is 11.5 Å². The van der Waals surface area contributed by atoms with Gasteiger partial charge in [0.1, 0.15) is 11.9 Å². The van der Waals surface area contributed by atoms with Crippen LogP contribution in [0.3, 0.4) is 0 Å². The molecule has 3 aromatic rings. The standard InChI is InChI=1S/C50H84N14O6/c1-61(2)29-15-33-63(5)31-11-7-9-17-44(65)52-25-13-26-54-46(67)24-23-41(49(69)55-28-14-27-53-45(66)18-10-8-12-32-64(6)34-16-30-62(3)4)59-48(68)38-19-21-39(22-20-38)56-36-40-37-57-42-35-43(51)60-50(70)47(42)58-40/h19-22,35,37,41,56H,7-18,23-34,36H2,1-6H3,(H,52,65)(H,53,66)(H,54,67)(H,55,69)(H,59,68)(H3,51,60,70). The Balaban J connectivity index is 1.42. The Morgan fingerprint density at radius 2 is 1.14 bits per heavy atom. The molecular weight excluding hydrogens is 893 g/mol. The first kappa shape index (κ1) is 58.6. The number of nitrogens with one attached hydrogen (secondary N) is 7. The van der Waals surface area contributed by atoms with Crippen LogP contribution in [0.5, 0.6) is 0 Å². The van der Waals surface area contributed by atoms with Gasteiger partial charge in [-0.1, -0.05) is 12.8 Å². The van der Waals surface area contributed by atoms with Crippen LogP contribution in [-0.2, 0) is 25.7 Å². The summed E-state index contributed by atoms with van der Waals surface area (Å²) in [6, 6.07) is 7.17. The molecule has 0 saturated heterocycles. The Kier molecular flexibility index (Phi) is 28.3. The van der Waals surface area contributed by atoms with Crippen LogP contribution in [0, 0.1) is 0 Å². The van der Waals surface area contributed by atoms with Crippen LogP contribution in [0.2, 0.25) is 0 Å². The summed E-state index contributed by atoms with van der Waals surface area (Å²) < 4.78 is 0. The van der Waals surface area contributed by atoms with E-state index in [0.717, 1.165) is 90.6 Å². The van der Waals surface area contributed by atoms with E-state index in [1.165, 1.54) is 6.07 Å². The lowest BCUT2D eigenvalue weighted by atomic mass is 10.1. The average Bonchev–Trinajstić information content (AvgIpc) is 3.31. The molecule has 1 unspecified atom stereocenters. The van der Waals surface area contributed by atoms with Gasteiger partial charge in [-0.05, 0) is 164 Å². The number of H-pyrrole nitrogens is 1. The number of benzene rings is 1. The lowest BCUT2D eigenvalue weighted by Crippen LogP contribution is -2.47. The normalized spacial score (nSPS) is 11.9. The minimum atomic E-state index is -1.01. The Hall–Kier alpha value is -5.70. The highest BCUT2D eigenvalue weighted by Crippen LogP contribution is 2.13. The number of rotatable bonds is 37. The molecule has 0 fully saturated rings. The van der Waals surface area contributed by atoms with Crippen molar-refractivity contribution in [2.75, 3.05) is 119 Å². The Morgan fingerprint density at radius 1 is 0.629 bits per heavy atom. The zero-order valence-electron chi connectivity index (χ0n) is 42.9. The highest BCUT2D eigenvalue weighted by atomic mass is 16.2. The van der Waals surface area contributed by atoms with Crippen LogP contribution in [0.15, 0.2) is 41.3 Å². The predicted molar refractivity (Wildman–Crippen MR) is 278 cm³/mol. The van der Waals surface area contributed by atoms with E-state index in [1.54, 1.807) is 30.5 Å². The van der Waals surface area contributed by atoms with Crippen LogP contribution >= 0.6 is 0 Å². The molecule has 0 spiro atoms. The van der Waals surface area contributed by atoms with Gasteiger partial charge in [0, 0.05) is 62.8 Å². The van der Waals surface area contributed by atoms with Gasteiger partial charge in [-0.25, -0.2) is 4.98 Å². The number of aromatic amines is 1. The van der Waals surface area contributed by atoms with Gasteiger partial charge in [0.25, 0.3) is 11.5 Å². The molecule has 390 valence electrons. The Bertz CT molecular complexity index is 2080. The summed E-state index contributed by atoms with van der Waals surface area (Å²) >= 11 is 0. The first-order valence-electron chi connectivity index (χ1n) is 25.1.